The topological polar surface area (TPSA) is 20.2 Å². The van der Waals surface area contributed by atoms with Crippen LogP contribution in [0, 0.1) is 0 Å². The van der Waals surface area contributed by atoms with Crippen LogP contribution < -0.4 is 0 Å². The molecule has 0 saturated heterocycles. The SMILES string of the molecule is OCC1(Cc2ccccc2Cl)CCCc2ccccc21. The van der Waals surface area contributed by atoms with Crippen LogP contribution in [0.2, 0.25) is 5.02 Å². The summed E-state index contributed by atoms with van der Waals surface area (Å²) >= 11 is 6.31. The fraction of sp³-hybridized carbons (Fsp3) is 0.333. The Labute approximate surface area is 125 Å². The Morgan fingerprint density at radius 3 is 2.60 bits per heavy atom. The smallest absolute Gasteiger partial charge is 0.0531 e. The van der Waals surface area contributed by atoms with E-state index in [1.165, 1.54) is 11.1 Å². The molecule has 0 amide bonds. The third-order valence-electron chi connectivity index (χ3n) is 4.48. The van der Waals surface area contributed by atoms with E-state index in [1.54, 1.807) is 0 Å². The standard InChI is InChI=1S/C18H19ClO/c19-17-10-4-2-7-15(17)12-18(13-20)11-5-8-14-6-1-3-9-16(14)18/h1-4,6-7,9-10,20H,5,8,11-13H2. The molecule has 1 atom stereocenters. The van der Waals surface area contributed by atoms with Crippen LogP contribution in [0.1, 0.15) is 29.5 Å². The zero-order valence-corrected chi connectivity index (χ0v) is 12.2. The van der Waals surface area contributed by atoms with Crippen LogP contribution >= 0.6 is 11.6 Å². The van der Waals surface area contributed by atoms with Crippen LogP contribution in [-0.4, -0.2) is 11.7 Å². The lowest BCUT2D eigenvalue weighted by Gasteiger charge is -2.38. The molecule has 2 aromatic rings. The van der Waals surface area contributed by atoms with Crippen molar-refractivity contribution >= 4 is 11.6 Å². The van der Waals surface area contributed by atoms with Crippen molar-refractivity contribution in [3.05, 3.63) is 70.2 Å². The highest BCUT2D eigenvalue weighted by Gasteiger charge is 2.36. The molecule has 1 unspecified atom stereocenters. The van der Waals surface area contributed by atoms with E-state index in [0.29, 0.717) is 0 Å². The van der Waals surface area contributed by atoms with Crippen LogP contribution in [0.5, 0.6) is 0 Å². The van der Waals surface area contributed by atoms with Crippen molar-refractivity contribution in [2.45, 2.75) is 31.1 Å². The third-order valence-corrected chi connectivity index (χ3v) is 4.85. The quantitative estimate of drug-likeness (QED) is 0.899. The summed E-state index contributed by atoms with van der Waals surface area (Å²) in [5, 5.41) is 10.9. The minimum absolute atomic E-state index is 0.176. The second-order valence-electron chi connectivity index (χ2n) is 5.72. The van der Waals surface area contributed by atoms with Gasteiger partial charge in [0, 0.05) is 10.4 Å². The Hall–Kier alpha value is -1.31. The molecule has 2 aromatic carbocycles. The van der Waals surface area contributed by atoms with Gasteiger partial charge in [-0.25, -0.2) is 0 Å². The number of fused-ring (bicyclic) bond motifs is 1. The van der Waals surface area contributed by atoms with E-state index in [0.717, 1.165) is 36.3 Å². The molecule has 0 aromatic heterocycles. The maximum atomic E-state index is 10.1. The summed E-state index contributed by atoms with van der Waals surface area (Å²) in [7, 11) is 0. The van der Waals surface area contributed by atoms with Gasteiger partial charge in [-0.2, -0.15) is 0 Å². The first kappa shape index (κ1) is 13.7. The first-order chi connectivity index (χ1) is 9.75. The second-order valence-corrected chi connectivity index (χ2v) is 6.12. The maximum Gasteiger partial charge on any atom is 0.0531 e. The summed E-state index contributed by atoms with van der Waals surface area (Å²) in [6.45, 7) is 0.176. The van der Waals surface area contributed by atoms with Crippen LogP contribution in [0.15, 0.2) is 48.5 Å². The minimum atomic E-state index is -0.181. The third kappa shape index (κ3) is 2.36. The minimum Gasteiger partial charge on any atom is -0.395 e. The fourth-order valence-corrected chi connectivity index (χ4v) is 3.62. The summed E-state index contributed by atoms with van der Waals surface area (Å²) < 4.78 is 0. The number of aliphatic hydroxyl groups excluding tert-OH is 1. The van der Waals surface area contributed by atoms with Gasteiger partial charge in [0.2, 0.25) is 0 Å². The number of benzene rings is 2. The van der Waals surface area contributed by atoms with Gasteiger partial charge in [0.25, 0.3) is 0 Å². The van der Waals surface area contributed by atoms with E-state index in [4.69, 9.17) is 11.6 Å². The summed E-state index contributed by atoms with van der Waals surface area (Å²) in [5.41, 5.74) is 3.62. The Balaban J connectivity index is 2.03. The van der Waals surface area contributed by atoms with E-state index >= 15 is 0 Å². The maximum absolute atomic E-state index is 10.1. The normalized spacial score (nSPS) is 21.5. The first-order valence-corrected chi connectivity index (χ1v) is 7.56. The van der Waals surface area contributed by atoms with E-state index in [-0.39, 0.29) is 12.0 Å². The van der Waals surface area contributed by atoms with Crippen LogP contribution in [0.25, 0.3) is 0 Å². The number of aliphatic hydroxyl groups is 1. The van der Waals surface area contributed by atoms with Crippen LogP contribution in [0.3, 0.4) is 0 Å². The molecule has 0 spiro atoms. The number of hydrogen-bond acceptors (Lipinski definition) is 1. The summed E-state index contributed by atoms with van der Waals surface area (Å²) in [6.07, 6.45) is 4.06. The molecule has 0 bridgehead atoms. The Morgan fingerprint density at radius 1 is 1.05 bits per heavy atom. The lowest BCUT2D eigenvalue weighted by atomic mass is 9.67. The van der Waals surface area contributed by atoms with E-state index < -0.39 is 0 Å². The molecule has 1 aliphatic rings. The largest absolute Gasteiger partial charge is 0.395 e. The van der Waals surface area contributed by atoms with Gasteiger partial charge < -0.3 is 5.11 Å². The van der Waals surface area contributed by atoms with Crippen molar-refractivity contribution in [3.8, 4) is 0 Å². The van der Waals surface area contributed by atoms with Gasteiger partial charge in [-0.1, -0.05) is 54.1 Å². The van der Waals surface area contributed by atoms with Gasteiger partial charge in [0.1, 0.15) is 0 Å². The molecule has 1 aliphatic carbocycles. The van der Waals surface area contributed by atoms with Gasteiger partial charge in [0.05, 0.1) is 6.61 Å². The Morgan fingerprint density at radius 2 is 1.80 bits per heavy atom. The summed E-state index contributed by atoms with van der Waals surface area (Å²) in [6, 6.07) is 16.5. The van der Waals surface area contributed by atoms with Gasteiger partial charge in [-0.15, -0.1) is 0 Å². The van der Waals surface area contributed by atoms with Crippen molar-refractivity contribution in [2.24, 2.45) is 0 Å². The molecule has 0 saturated carbocycles. The fourth-order valence-electron chi connectivity index (χ4n) is 3.42. The highest BCUT2D eigenvalue weighted by atomic mass is 35.5. The average Bonchev–Trinajstić information content (AvgIpc) is 2.50. The van der Waals surface area contributed by atoms with Gasteiger partial charge in [0.15, 0.2) is 0 Å². The highest BCUT2D eigenvalue weighted by molar-refractivity contribution is 6.31. The number of aryl methyl sites for hydroxylation is 1. The van der Waals surface area contributed by atoms with Crippen molar-refractivity contribution in [3.63, 3.8) is 0 Å². The second kappa shape index (κ2) is 5.59. The molecule has 0 aliphatic heterocycles. The molecular formula is C18H19ClO. The van der Waals surface area contributed by atoms with Crippen molar-refractivity contribution in [1.82, 2.24) is 0 Å². The molecule has 3 rings (SSSR count). The molecule has 0 heterocycles. The highest BCUT2D eigenvalue weighted by Crippen LogP contribution is 2.40. The van der Waals surface area contributed by atoms with Crippen molar-refractivity contribution in [1.29, 1.82) is 0 Å². The lowest BCUT2D eigenvalue weighted by molar-refractivity contribution is 0.173. The van der Waals surface area contributed by atoms with Gasteiger partial charge in [-0.3, -0.25) is 0 Å². The zero-order chi connectivity index (χ0) is 14.0. The molecule has 20 heavy (non-hydrogen) atoms. The number of halogens is 1. The number of rotatable bonds is 3. The molecule has 1 nitrogen and oxygen atoms in total. The van der Waals surface area contributed by atoms with E-state index in [2.05, 4.69) is 30.3 Å². The lowest BCUT2D eigenvalue weighted by Crippen LogP contribution is -2.37. The Kier molecular flexibility index (Phi) is 3.82. The summed E-state index contributed by atoms with van der Waals surface area (Å²) in [4.78, 5) is 0. The molecular weight excluding hydrogens is 268 g/mol. The Bertz CT molecular complexity index is 608. The van der Waals surface area contributed by atoms with Crippen molar-refractivity contribution in [2.75, 3.05) is 6.61 Å². The van der Waals surface area contributed by atoms with Crippen molar-refractivity contribution < 1.29 is 5.11 Å². The summed E-state index contributed by atoms with van der Waals surface area (Å²) in [5.74, 6) is 0. The van der Waals surface area contributed by atoms with Crippen LogP contribution in [0.4, 0.5) is 0 Å². The molecule has 0 fully saturated rings. The van der Waals surface area contributed by atoms with E-state index in [9.17, 15) is 5.11 Å². The average molecular weight is 287 g/mol. The van der Waals surface area contributed by atoms with Gasteiger partial charge in [-0.05, 0) is 48.4 Å². The monoisotopic (exact) mass is 286 g/mol. The predicted octanol–water partition coefficient (Wildman–Crippen LogP) is 4.15. The molecule has 2 heteroatoms. The zero-order valence-electron chi connectivity index (χ0n) is 11.5. The number of hydrogen-bond donors (Lipinski definition) is 1. The molecule has 104 valence electrons. The van der Waals surface area contributed by atoms with E-state index in [1.807, 2.05) is 18.2 Å². The molecule has 0 radical (unpaired) electrons. The van der Waals surface area contributed by atoms with Gasteiger partial charge >= 0.3 is 0 Å². The molecule has 1 N–H and O–H groups in total. The van der Waals surface area contributed by atoms with Crippen LogP contribution in [-0.2, 0) is 18.3 Å². The predicted molar refractivity (Wildman–Crippen MR) is 83.3 cm³/mol. The first-order valence-electron chi connectivity index (χ1n) is 7.18.